The Morgan fingerprint density at radius 1 is 1.21 bits per heavy atom. The zero-order chi connectivity index (χ0) is 23.5. The summed E-state index contributed by atoms with van der Waals surface area (Å²) in [5.74, 6) is -1.71. The van der Waals surface area contributed by atoms with E-state index in [2.05, 4.69) is 0 Å². The summed E-state index contributed by atoms with van der Waals surface area (Å²) in [6, 6.07) is 11.1. The molecule has 3 rings (SSSR count). The average molecular weight is 483 g/mol. The number of nitro groups is 1. The molecule has 1 aromatic heterocycles. The number of aliphatic carboxylic acids is 1. The van der Waals surface area contributed by atoms with Gasteiger partial charge in [-0.1, -0.05) is 24.3 Å². The van der Waals surface area contributed by atoms with Crippen molar-refractivity contribution >= 4 is 38.9 Å². The van der Waals surface area contributed by atoms with Gasteiger partial charge >= 0.3 is 29.6 Å². The minimum Gasteiger partial charge on any atom is -0.549 e. The van der Waals surface area contributed by atoms with Crippen LogP contribution >= 0.6 is 0 Å². The first-order chi connectivity index (χ1) is 15.1. The summed E-state index contributed by atoms with van der Waals surface area (Å²) in [6.07, 6.45) is 0.789. The Labute approximate surface area is 210 Å². The fraction of sp³-hybridized carbons (Fsp3) is 0.200. The van der Waals surface area contributed by atoms with Gasteiger partial charge in [0, 0.05) is 47.9 Å². The molecule has 1 N–H and O–H groups in total. The Morgan fingerprint density at radius 2 is 1.91 bits per heavy atom. The normalized spacial score (nSPS) is 12.3. The van der Waals surface area contributed by atoms with Gasteiger partial charge in [-0.2, -0.15) is 4.31 Å². The van der Waals surface area contributed by atoms with Crippen LogP contribution in [-0.2, 0) is 21.4 Å². The minimum absolute atomic E-state index is 0. The molecular formula is C20H18N3NaO8S. The van der Waals surface area contributed by atoms with E-state index in [1.54, 1.807) is 28.8 Å². The SMILES string of the molecule is O=Cc1cn(CC(O)CN(CC(=O)[O-])S(=O)(=O)c2cccc([N+](=O)[O-])c2)c2ccccc12.[Na+]. The van der Waals surface area contributed by atoms with Crippen molar-refractivity contribution < 1.29 is 62.7 Å². The van der Waals surface area contributed by atoms with Crippen molar-refractivity contribution in [1.29, 1.82) is 0 Å². The molecule has 1 unspecified atom stereocenters. The van der Waals surface area contributed by atoms with Crippen LogP contribution in [0.4, 0.5) is 5.69 Å². The maximum atomic E-state index is 12.9. The van der Waals surface area contributed by atoms with Gasteiger partial charge in [-0.05, 0) is 12.1 Å². The van der Waals surface area contributed by atoms with Crippen molar-refractivity contribution in [3.8, 4) is 0 Å². The van der Waals surface area contributed by atoms with E-state index in [0.717, 1.165) is 24.3 Å². The number of carbonyl (C=O) groups excluding carboxylic acids is 2. The first-order valence-corrected chi connectivity index (χ1v) is 10.7. The molecule has 0 saturated heterocycles. The molecule has 0 aliphatic heterocycles. The standard InChI is InChI=1S/C20H19N3O8S.Na/c24-13-14-9-21(19-7-2-1-6-18(14)19)10-16(25)11-22(12-20(26)27)32(30,31)17-5-3-4-15(8-17)23(28)29;/h1-9,13,16,25H,10-12H2,(H,26,27);/q;+1/p-1. The second kappa shape index (κ2) is 11.0. The predicted octanol–water partition coefficient (Wildman–Crippen LogP) is -2.83. The maximum Gasteiger partial charge on any atom is 1.00 e. The third-order valence-electron chi connectivity index (χ3n) is 4.74. The van der Waals surface area contributed by atoms with Crippen LogP contribution in [0.2, 0.25) is 0 Å². The average Bonchev–Trinajstić information content (AvgIpc) is 3.10. The maximum absolute atomic E-state index is 12.9. The van der Waals surface area contributed by atoms with Gasteiger partial charge in [0.1, 0.15) is 0 Å². The van der Waals surface area contributed by atoms with Crippen molar-refractivity contribution in [2.24, 2.45) is 0 Å². The molecule has 0 bridgehead atoms. The quantitative estimate of drug-likeness (QED) is 0.140. The molecule has 11 nitrogen and oxygen atoms in total. The van der Waals surface area contributed by atoms with Crippen molar-refractivity contribution in [1.82, 2.24) is 8.87 Å². The van der Waals surface area contributed by atoms with Gasteiger partial charge in [0.25, 0.3) is 5.69 Å². The molecule has 0 fully saturated rings. The molecule has 0 amide bonds. The van der Waals surface area contributed by atoms with Crippen LogP contribution in [0.3, 0.4) is 0 Å². The molecule has 33 heavy (non-hydrogen) atoms. The topological polar surface area (TPSA) is 163 Å². The Kier molecular flexibility index (Phi) is 8.89. The number of sulfonamides is 1. The van der Waals surface area contributed by atoms with E-state index in [4.69, 9.17) is 0 Å². The number of fused-ring (bicyclic) bond motifs is 1. The summed E-state index contributed by atoms with van der Waals surface area (Å²) in [5.41, 5.74) is 0.519. The summed E-state index contributed by atoms with van der Waals surface area (Å²) in [4.78, 5) is 32.2. The zero-order valence-corrected chi connectivity index (χ0v) is 20.3. The fourth-order valence-electron chi connectivity index (χ4n) is 3.34. The van der Waals surface area contributed by atoms with Crippen LogP contribution in [0, 0.1) is 10.1 Å². The molecule has 1 atom stereocenters. The van der Waals surface area contributed by atoms with Crippen LogP contribution in [0.1, 0.15) is 10.4 Å². The number of carbonyl (C=O) groups is 2. The van der Waals surface area contributed by atoms with Crippen LogP contribution < -0.4 is 34.7 Å². The van der Waals surface area contributed by atoms with E-state index in [0.29, 0.717) is 27.1 Å². The summed E-state index contributed by atoms with van der Waals surface area (Å²) < 4.78 is 27.9. The number of benzene rings is 2. The number of aliphatic hydroxyl groups excluding tert-OH is 1. The number of aromatic nitrogens is 1. The zero-order valence-electron chi connectivity index (χ0n) is 17.5. The number of rotatable bonds is 10. The van der Waals surface area contributed by atoms with Crippen LogP contribution in [0.15, 0.2) is 59.6 Å². The van der Waals surface area contributed by atoms with Gasteiger partial charge in [0.2, 0.25) is 10.0 Å². The summed E-state index contributed by atoms with van der Waals surface area (Å²) in [6.45, 7) is -1.82. The number of carboxylic acid groups (broad SMARTS) is 1. The first-order valence-electron chi connectivity index (χ1n) is 9.29. The molecular weight excluding hydrogens is 465 g/mol. The van der Waals surface area contributed by atoms with E-state index in [-0.39, 0.29) is 36.1 Å². The Balaban J connectivity index is 0.00000385. The first kappa shape index (κ1) is 26.6. The van der Waals surface area contributed by atoms with Crippen LogP contribution in [0.5, 0.6) is 0 Å². The van der Waals surface area contributed by atoms with Crippen LogP contribution in [-0.4, -0.2) is 58.8 Å². The molecule has 13 heteroatoms. The van der Waals surface area contributed by atoms with Crippen LogP contribution in [0.25, 0.3) is 10.9 Å². The number of hydrogen-bond donors (Lipinski definition) is 1. The number of nitrogens with zero attached hydrogens (tertiary/aromatic N) is 3. The van der Waals surface area contributed by atoms with Gasteiger partial charge in [-0.3, -0.25) is 14.9 Å². The molecule has 1 heterocycles. The molecule has 0 saturated carbocycles. The second-order valence-corrected chi connectivity index (χ2v) is 8.89. The third-order valence-corrected chi connectivity index (χ3v) is 6.55. The summed E-state index contributed by atoms with van der Waals surface area (Å²) in [7, 11) is -4.50. The number of aldehydes is 1. The van der Waals surface area contributed by atoms with Gasteiger partial charge < -0.3 is 19.6 Å². The molecule has 2 aromatic carbocycles. The monoisotopic (exact) mass is 483 g/mol. The number of para-hydroxylation sites is 1. The minimum atomic E-state index is -4.50. The van der Waals surface area contributed by atoms with E-state index in [1.807, 2.05) is 0 Å². The third kappa shape index (κ3) is 6.05. The summed E-state index contributed by atoms with van der Waals surface area (Å²) >= 11 is 0. The number of nitro benzene ring substituents is 1. The number of non-ortho nitro benzene ring substituents is 1. The van der Waals surface area contributed by atoms with Gasteiger partial charge in [0.15, 0.2) is 6.29 Å². The van der Waals surface area contributed by atoms with E-state index in [1.165, 1.54) is 6.20 Å². The molecule has 0 spiro atoms. The number of aliphatic hydroxyl groups is 1. The van der Waals surface area contributed by atoms with Crippen molar-refractivity contribution in [3.05, 3.63) is 70.4 Å². The molecule has 0 radical (unpaired) electrons. The van der Waals surface area contributed by atoms with Crippen molar-refractivity contribution in [2.45, 2.75) is 17.5 Å². The summed E-state index contributed by atoms with van der Waals surface area (Å²) in [5, 5.41) is 33.3. The van der Waals surface area contributed by atoms with Gasteiger partial charge in [-0.15, -0.1) is 0 Å². The molecule has 0 aliphatic rings. The van der Waals surface area contributed by atoms with Crippen molar-refractivity contribution in [2.75, 3.05) is 13.1 Å². The fourth-order valence-corrected chi connectivity index (χ4v) is 4.80. The Bertz CT molecular complexity index is 1290. The number of carboxylic acids is 1. The molecule has 3 aromatic rings. The molecule has 168 valence electrons. The van der Waals surface area contributed by atoms with E-state index < -0.39 is 50.7 Å². The van der Waals surface area contributed by atoms with E-state index >= 15 is 0 Å². The predicted molar refractivity (Wildman–Crippen MR) is 110 cm³/mol. The number of hydrogen-bond acceptors (Lipinski definition) is 8. The largest absolute Gasteiger partial charge is 1.00 e. The van der Waals surface area contributed by atoms with Gasteiger partial charge in [0.05, 0.1) is 28.4 Å². The van der Waals surface area contributed by atoms with Gasteiger partial charge in [-0.25, -0.2) is 8.42 Å². The van der Waals surface area contributed by atoms with Crippen molar-refractivity contribution in [3.63, 3.8) is 0 Å². The molecule has 0 aliphatic carbocycles. The van der Waals surface area contributed by atoms with E-state index in [9.17, 15) is 38.3 Å². The Morgan fingerprint density at radius 3 is 2.55 bits per heavy atom. The second-order valence-electron chi connectivity index (χ2n) is 6.95. The smallest absolute Gasteiger partial charge is 0.549 e. The Hall–Kier alpha value is -2.61.